The summed E-state index contributed by atoms with van der Waals surface area (Å²) in [7, 11) is 0. The summed E-state index contributed by atoms with van der Waals surface area (Å²) in [4.78, 5) is 27.6. The normalized spacial score (nSPS) is 16.8. The summed E-state index contributed by atoms with van der Waals surface area (Å²) >= 11 is 0. The summed E-state index contributed by atoms with van der Waals surface area (Å²) in [6, 6.07) is 6.76. The highest BCUT2D eigenvalue weighted by Crippen LogP contribution is 2.39. The number of carboxylic acid groups (broad SMARTS) is 1. The number of amides is 1. The van der Waals surface area contributed by atoms with Crippen LogP contribution < -0.4 is 5.32 Å². The highest BCUT2D eigenvalue weighted by Gasteiger charge is 2.48. The zero-order valence-electron chi connectivity index (χ0n) is 12.1. The van der Waals surface area contributed by atoms with E-state index in [2.05, 4.69) is 10.3 Å². The maximum Gasteiger partial charge on any atom is 0.329 e. The van der Waals surface area contributed by atoms with Crippen molar-refractivity contribution in [1.29, 1.82) is 0 Å². The fourth-order valence-electron chi connectivity index (χ4n) is 2.44. The highest BCUT2D eigenvalue weighted by molar-refractivity contribution is 5.98. The number of carbonyl (C=O) groups is 2. The molecule has 1 aliphatic carbocycles. The minimum Gasteiger partial charge on any atom is -0.480 e. The standard InChI is InChI=1S/C16H16N2O4/c1-16(15(20)21,12-6-7-12)18-14(19)11-4-2-10(3-5-11)13-8-17-9-22-13/h2-5,8-9,12H,6-7H2,1H3,(H,18,19)(H,20,21)/t16-/m0/s1. The van der Waals surface area contributed by atoms with E-state index in [4.69, 9.17) is 4.42 Å². The Balaban J connectivity index is 1.76. The van der Waals surface area contributed by atoms with Crippen molar-refractivity contribution in [3.05, 3.63) is 42.4 Å². The Hall–Kier alpha value is -2.63. The summed E-state index contributed by atoms with van der Waals surface area (Å²) in [5.41, 5.74) is 0.00867. The first-order valence-corrected chi connectivity index (χ1v) is 7.05. The predicted octanol–water partition coefficient (Wildman–Crippen LogP) is 2.32. The monoisotopic (exact) mass is 300 g/mol. The quantitative estimate of drug-likeness (QED) is 0.884. The number of hydrogen-bond donors (Lipinski definition) is 2. The van der Waals surface area contributed by atoms with Gasteiger partial charge in [0.1, 0.15) is 5.54 Å². The van der Waals surface area contributed by atoms with E-state index >= 15 is 0 Å². The van der Waals surface area contributed by atoms with Gasteiger partial charge in [0.2, 0.25) is 0 Å². The Bertz CT molecular complexity index is 689. The number of hydrogen-bond acceptors (Lipinski definition) is 4. The van der Waals surface area contributed by atoms with Crippen molar-refractivity contribution in [3.63, 3.8) is 0 Å². The van der Waals surface area contributed by atoms with Gasteiger partial charge in [-0.25, -0.2) is 9.78 Å². The number of rotatable bonds is 5. The second-order valence-electron chi connectivity index (χ2n) is 5.68. The molecule has 1 amide bonds. The zero-order valence-corrected chi connectivity index (χ0v) is 12.1. The van der Waals surface area contributed by atoms with Crippen LogP contribution in [0.4, 0.5) is 0 Å². The average Bonchev–Trinajstić information content (AvgIpc) is 3.23. The number of aliphatic carboxylic acids is 1. The van der Waals surface area contributed by atoms with Gasteiger partial charge in [0.25, 0.3) is 5.91 Å². The Morgan fingerprint density at radius 3 is 2.50 bits per heavy atom. The van der Waals surface area contributed by atoms with Crippen LogP contribution in [0.1, 0.15) is 30.1 Å². The summed E-state index contributed by atoms with van der Waals surface area (Å²) in [5.74, 6) is -0.773. The van der Waals surface area contributed by atoms with Crippen molar-refractivity contribution in [1.82, 2.24) is 10.3 Å². The number of oxazole rings is 1. The number of nitrogens with zero attached hydrogens (tertiary/aromatic N) is 1. The van der Waals surface area contributed by atoms with Crippen LogP contribution in [0.5, 0.6) is 0 Å². The maximum atomic E-state index is 12.3. The van der Waals surface area contributed by atoms with Crippen LogP contribution in [-0.2, 0) is 4.79 Å². The smallest absolute Gasteiger partial charge is 0.329 e. The molecule has 1 aromatic heterocycles. The van der Waals surface area contributed by atoms with E-state index in [1.807, 2.05) is 0 Å². The van der Waals surface area contributed by atoms with E-state index in [1.54, 1.807) is 37.4 Å². The lowest BCUT2D eigenvalue weighted by Crippen LogP contribution is -2.54. The van der Waals surface area contributed by atoms with E-state index in [-0.39, 0.29) is 11.8 Å². The average molecular weight is 300 g/mol. The third-order valence-electron chi connectivity index (χ3n) is 4.08. The van der Waals surface area contributed by atoms with Crippen LogP contribution >= 0.6 is 0 Å². The molecule has 6 heteroatoms. The zero-order chi connectivity index (χ0) is 15.7. The summed E-state index contributed by atoms with van der Waals surface area (Å²) in [5, 5.41) is 12.0. The van der Waals surface area contributed by atoms with Crippen LogP contribution in [0.3, 0.4) is 0 Å². The van der Waals surface area contributed by atoms with E-state index in [9.17, 15) is 14.7 Å². The summed E-state index contributed by atoms with van der Waals surface area (Å²) in [6.45, 7) is 1.56. The molecule has 2 aromatic rings. The van der Waals surface area contributed by atoms with Gasteiger partial charge in [-0.2, -0.15) is 0 Å². The first-order chi connectivity index (χ1) is 10.5. The molecule has 114 valence electrons. The first-order valence-electron chi connectivity index (χ1n) is 7.05. The summed E-state index contributed by atoms with van der Waals surface area (Å²) in [6.07, 6.45) is 4.58. The number of nitrogens with one attached hydrogen (secondary N) is 1. The minimum absolute atomic E-state index is 0.00224. The fourth-order valence-corrected chi connectivity index (χ4v) is 2.44. The molecule has 2 N–H and O–H groups in total. The molecule has 0 aliphatic heterocycles. The molecule has 0 spiro atoms. The Morgan fingerprint density at radius 1 is 1.32 bits per heavy atom. The molecule has 1 aliphatic rings. The van der Waals surface area contributed by atoms with Crippen molar-refractivity contribution in [2.24, 2.45) is 5.92 Å². The van der Waals surface area contributed by atoms with Crippen molar-refractivity contribution >= 4 is 11.9 Å². The molecular formula is C16H16N2O4. The molecule has 1 heterocycles. The second kappa shape index (κ2) is 5.29. The third kappa shape index (κ3) is 2.59. The molecule has 1 fully saturated rings. The van der Waals surface area contributed by atoms with Gasteiger partial charge in [0, 0.05) is 11.1 Å². The van der Waals surface area contributed by atoms with Crippen molar-refractivity contribution in [2.45, 2.75) is 25.3 Å². The van der Waals surface area contributed by atoms with E-state index in [0.29, 0.717) is 11.3 Å². The number of aromatic nitrogens is 1. The topological polar surface area (TPSA) is 92.4 Å². The van der Waals surface area contributed by atoms with Crippen molar-refractivity contribution < 1.29 is 19.1 Å². The van der Waals surface area contributed by atoms with Gasteiger partial charge < -0.3 is 14.8 Å². The third-order valence-corrected chi connectivity index (χ3v) is 4.08. The van der Waals surface area contributed by atoms with Crippen molar-refractivity contribution in [3.8, 4) is 11.3 Å². The molecule has 3 rings (SSSR count). The van der Waals surface area contributed by atoms with Crippen LogP contribution in [-0.4, -0.2) is 27.5 Å². The van der Waals surface area contributed by atoms with Gasteiger partial charge in [0.05, 0.1) is 6.20 Å². The first kappa shape index (κ1) is 14.3. The Morgan fingerprint density at radius 2 is 2.00 bits per heavy atom. The van der Waals surface area contributed by atoms with Crippen LogP contribution in [0.25, 0.3) is 11.3 Å². The molecule has 0 saturated heterocycles. The molecule has 0 bridgehead atoms. The van der Waals surface area contributed by atoms with Gasteiger partial charge in [-0.15, -0.1) is 0 Å². The molecular weight excluding hydrogens is 284 g/mol. The largest absolute Gasteiger partial charge is 0.480 e. The fraction of sp³-hybridized carbons (Fsp3) is 0.312. The van der Waals surface area contributed by atoms with E-state index in [1.165, 1.54) is 6.39 Å². The molecule has 1 aromatic carbocycles. The predicted molar refractivity (Wildman–Crippen MR) is 78.2 cm³/mol. The number of carboxylic acids is 1. The molecule has 0 radical (unpaired) electrons. The summed E-state index contributed by atoms with van der Waals surface area (Å²) < 4.78 is 5.18. The van der Waals surface area contributed by atoms with E-state index < -0.39 is 11.5 Å². The maximum absolute atomic E-state index is 12.3. The lowest BCUT2D eigenvalue weighted by molar-refractivity contribution is -0.144. The molecule has 22 heavy (non-hydrogen) atoms. The van der Waals surface area contributed by atoms with Gasteiger partial charge >= 0.3 is 5.97 Å². The molecule has 1 atom stereocenters. The minimum atomic E-state index is -1.21. The van der Waals surface area contributed by atoms with Gasteiger partial charge in [0.15, 0.2) is 12.2 Å². The van der Waals surface area contributed by atoms with Crippen molar-refractivity contribution in [2.75, 3.05) is 0 Å². The second-order valence-corrected chi connectivity index (χ2v) is 5.68. The lowest BCUT2D eigenvalue weighted by atomic mass is 9.95. The Kier molecular flexibility index (Phi) is 3.44. The van der Waals surface area contributed by atoms with Crippen LogP contribution in [0, 0.1) is 5.92 Å². The van der Waals surface area contributed by atoms with Gasteiger partial charge in [-0.3, -0.25) is 4.79 Å². The van der Waals surface area contributed by atoms with Gasteiger partial charge in [-0.05, 0) is 37.8 Å². The Labute approximate surface area is 127 Å². The number of benzene rings is 1. The van der Waals surface area contributed by atoms with Crippen LogP contribution in [0.2, 0.25) is 0 Å². The molecule has 0 unspecified atom stereocenters. The van der Waals surface area contributed by atoms with Crippen LogP contribution in [0.15, 0.2) is 41.3 Å². The number of carbonyl (C=O) groups excluding carboxylic acids is 1. The lowest BCUT2D eigenvalue weighted by Gasteiger charge is -2.26. The highest BCUT2D eigenvalue weighted by atomic mass is 16.4. The molecule has 6 nitrogen and oxygen atoms in total. The SMILES string of the molecule is C[C@@](NC(=O)c1ccc(-c2cnco2)cc1)(C(=O)O)C1CC1. The van der Waals surface area contributed by atoms with E-state index in [0.717, 1.165) is 18.4 Å². The van der Waals surface area contributed by atoms with Gasteiger partial charge in [-0.1, -0.05) is 12.1 Å². The molecule has 1 saturated carbocycles.